The monoisotopic (exact) mass is 377 g/mol. The van der Waals surface area contributed by atoms with E-state index in [0.29, 0.717) is 11.3 Å². The smallest absolute Gasteiger partial charge is 0.343 e. The third-order valence-corrected chi connectivity index (χ3v) is 3.96. The first-order chi connectivity index (χ1) is 13.5. The average molecular weight is 377 g/mol. The van der Waals surface area contributed by atoms with Crippen molar-refractivity contribution in [2.45, 2.75) is 0 Å². The second kappa shape index (κ2) is 6.84. The molecule has 0 fully saturated rings. The summed E-state index contributed by atoms with van der Waals surface area (Å²) in [6.45, 7) is 0. The van der Waals surface area contributed by atoms with Crippen LogP contribution in [0.4, 0.5) is 5.69 Å². The van der Waals surface area contributed by atoms with E-state index >= 15 is 0 Å². The lowest BCUT2D eigenvalue weighted by Crippen LogP contribution is -2.08. The molecule has 3 aromatic rings. The molecule has 0 saturated heterocycles. The molecule has 0 saturated carbocycles. The molecular weight excluding hydrogens is 366 g/mol. The molecule has 0 bridgehead atoms. The number of allylic oxidation sites excluding steroid dienone is 1. The fourth-order valence-electron chi connectivity index (χ4n) is 2.65. The molecule has 0 N–H and O–H groups in total. The summed E-state index contributed by atoms with van der Waals surface area (Å²) in [6, 6.07) is 12.9. The predicted molar refractivity (Wildman–Crippen MR) is 96.1 cm³/mol. The second-order valence-electron chi connectivity index (χ2n) is 5.81. The number of rotatable bonds is 4. The van der Waals surface area contributed by atoms with E-state index in [1.165, 1.54) is 48.7 Å². The van der Waals surface area contributed by atoms with Crippen molar-refractivity contribution >= 4 is 23.5 Å². The fraction of sp³-hybridized carbons (Fsp3) is 0. The van der Waals surface area contributed by atoms with Crippen molar-refractivity contribution in [3.63, 3.8) is 0 Å². The highest BCUT2D eigenvalue weighted by atomic mass is 16.6. The number of esters is 1. The lowest BCUT2D eigenvalue weighted by molar-refractivity contribution is -0.384. The molecule has 1 aliphatic heterocycles. The Morgan fingerprint density at radius 1 is 1.11 bits per heavy atom. The van der Waals surface area contributed by atoms with Gasteiger partial charge >= 0.3 is 5.97 Å². The molecule has 138 valence electrons. The number of fused-ring (bicyclic) bond motifs is 1. The summed E-state index contributed by atoms with van der Waals surface area (Å²) < 4.78 is 16.0. The van der Waals surface area contributed by atoms with Gasteiger partial charge in [-0.25, -0.2) is 4.79 Å². The summed E-state index contributed by atoms with van der Waals surface area (Å²) in [7, 11) is 0. The molecule has 28 heavy (non-hydrogen) atoms. The topological polar surface area (TPSA) is 109 Å². The minimum atomic E-state index is -0.765. The number of carbonyl (C=O) groups is 2. The number of Topliss-reactive ketones (excluding diaryl/α,β-unsaturated/α-hetero) is 1. The van der Waals surface area contributed by atoms with Crippen LogP contribution in [0.1, 0.15) is 26.5 Å². The van der Waals surface area contributed by atoms with Crippen LogP contribution in [0.5, 0.6) is 11.5 Å². The van der Waals surface area contributed by atoms with Gasteiger partial charge in [-0.2, -0.15) is 0 Å². The molecule has 0 unspecified atom stereocenters. The van der Waals surface area contributed by atoms with Crippen molar-refractivity contribution < 1.29 is 28.4 Å². The van der Waals surface area contributed by atoms with Crippen LogP contribution in [0, 0.1) is 10.1 Å². The Bertz CT molecular complexity index is 1130. The highest BCUT2D eigenvalue weighted by Crippen LogP contribution is 2.35. The molecular formula is C20H11NO7. The normalized spacial score (nSPS) is 13.9. The summed E-state index contributed by atoms with van der Waals surface area (Å²) in [5.74, 6) is -0.141. The number of ether oxygens (including phenoxy) is 2. The van der Waals surface area contributed by atoms with E-state index in [9.17, 15) is 19.7 Å². The van der Waals surface area contributed by atoms with Gasteiger partial charge in [0, 0.05) is 24.3 Å². The number of nitro groups is 1. The number of nitrogens with zero attached hydrogens (tertiary/aromatic N) is 1. The van der Waals surface area contributed by atoms with Gasteiger partial charge in [-0.3, -0.25) is 14.9 Å². The van der Waals surface area contributed by atoms with Crippen molar-refractivity contribution in [3.8, 4) is 11.5 Å². The molecule has 0 radical (unpaired) electrons. The molecule has 2 aromatic carbocycles. The minimum absolute atomic E-state index is 0.0325. The predicted octanol–water partition coefficient (Wildman–Crippen LogP) is 4.02. The number of hydrogen-bond donors (Lipinski definition) is 0. The summed E-state index contributed by atoms with van der Waals surface area (Å²) in [5.41, 5.74) is 0.142. The number of ketones is 1. The Hall–Kier alpha value is -4.20. The van der Waals surface area contributed by atoms with Gasteiger partial charge in [0.1, 0.15) is 17.3 Å². The summed E-state index contributed by atoms with van der Waals surface area (Å²) >= 11 is 0. The number of hydrogen-bond acceptors (Lipinski definition) is 7. The SMILES string of the molecule is O=C(Oc1ccc2c(c1)OC(=Cc1ccco1)C2=O)c1cccc([N+](=O)[O-])c1. The Balaban J connectivity index is 1.55. The first-order valence-electron chi connectivity index (χ1n) is 8.10. The largest absolute Gasteiger partial charge is 0.465 e. The molecule has 1 aromatic heterocycles. The van der Waals surface area contributed by atoms with E-state index in [4.69, 9.17) is 13.9 Å². The summed E-state index contributed by atoms with van der Waals surface area (Å²) in [6.07, 6.45) is 2.95. The van der Waals surface area contributed by atoms with Crippen LogP contribution in [-0.2, 0) is 0 Å². The number of furan rings is 1. The van der Waals surface area contributed by atoms with Crippen LogP contribution in [0.2, 0.25) is 0 Å². The zero-order valence-electron chi connectivity index (χ0n) is 14.2. The van der Waals surface area contributed by atoms with Crippen LogP contribution >= 0.6 is 0 Å². The third kappa shape index (κ3) is 3.26. The first-order valence-corrected chi connectivity index (χ1v) is 8.10. The van der Waals surface area contributed by atoms with E-state index in [2.05, 4.69) is 0 Å². The van der Waals surface area contributed by atoms with Gasteiger partial charge in [0.15, 0.2) is 5.76 Å². The van der Waals surface area contributed by atoms with Crippen molar-refractivity contribution in [1.29, 1.82) is 0 Å². The van der Waals surface area contributed by atoms with Crippen molar-refractivity contribution in [1.82, 2.24) is 0 Å². The maximum atomic E-state index is 12.4. The highest BCUT2D eigenvalue weighted by Gasteiger charge is 2.28. The van der Waals surface area contributed by atoms with Crippen LogP contribution in [0.3, 0.4) is 0 Å². The van der Waals surface area contributed by atoms with E-state index in [1.807, 2.05) is 0 Å². The number of nitro benzene ring substituents is 1. The maximum Gasteiger partial charge on any atom is 0.343 e. The van der Waals surface area contributed by atoms with E-state index < -0.39 is 10.9 Å². The van der Waals surface area contributed by atoms with Crippen molar-refractivity contribution in [2.75, 3.05) is 0 Å². The molecule has 1 aliphatic rings. The summed E-state index contributed by atoms with van der Waals surface area (Å²) in [4.78, 5) is 34.9. The van der Waals surface area contributed by atoms with Gasteiger partial charge in [0.05, 0.1) is 22.3 Å². The molecule has 0 atom stereocenters. The van der Waals surface area contributed by atoms with Gasteiger partial charge in [-0.1, -0.05) is 6.07 Å². The Morgan fingerprint density at radius 2 is 1.96 bits per heavy atom. The van der Waals surface area contributed by atoms with Gasteiger partial charge < -0.3 is 13.9 Å². The van der Waals surface area contributed by atoms with Crippen LogP contribution in [0.25, 0.3) is 6.08 Å². The van der Waals surface area contributed by atoms with Gasteiger partial charge in [-0.15, -0.1) is 0 Å². The minimum Gasteiger partial charge on any atom is -0.465 e. The fourth-order valence-corrected chi connectivity index (χ4v) is 2.65. The molecule has 2 heterocycles. The van der Waals surface area contributed by atoms with Crippen LogP contribution in [0.15, 0.2) is 71.0 Å². The number of carbonyl (C=O) groups excluding carboxylic acids is 2. The first kappa shape index (κ1) is 17.2. The van der Waals surface area contributed by atoms with Crippen LogP contribution in [-0.4, -0.2) is 16.7 Å². The van der Waals surface area contributed by atoms with Gasteiger partial charge in [0.2, 0.25) is 5.78 Å². The molecule has 4 rings (SSSR count). The Morgan fingerprint density at radius 3 is 2.71 bits per heavy atom. The number of non-ortho nitro benzene ring substituents is 1. The van der Waals surface area contributed by atoms with E-state index in [0.717, 1.165) is 6.07 Å². The van der Waals surface area contributed by atoms with Gasteiger partial charge in [-0.05, 0) is 30.3 Å². The van der Waals surface area contributed by atoms with E-state index in [1.54, 1.807) is 12.1 Å². The average Bonchev–Trinajstić information content (AvgIpc) is 3.30. The van der Waals surface area contributed by atoms with E-state index in [-0.39, 0.29) is 34.3 Å². The number of benzene rings is 2. The zero-order valence-corrected chi connectivity index (χ0v) is 14.2. The third-order valence-electron chi connectivity index (χ3n) is 3.96. The molecule has 8 heteroatoms. The van der Waals surface area contributed by atoms with Crippen LogP contribution < -0.4 is 9.47 Å². The maximum absolute atomic E-state index is 12.4. The van der Waals surface area contributed by atoms with Crippen molar-refractivity contribution in [3.05, 3.63) is 93.6 Å². The lowest BCUT2D eigenvalue weighted by Gasteiger charge is -2.05. The van der Waals surface area contributed by atoms with Crippen molar-refractivity contribution in [2.24, 2.45) is 0 Å². The molecule has 0 aliphatic carbocycles. The molecule has 0 amide bonds. The molecule has 8 nitrogen and oxygen atoms in total. The van der Waals surface area contributed by atoms with Gasteiger partial charge in [0.25, 0.3) is 5.69 Å². The summed E-state index contributed by atoms with van der Waals surface area (Å²) in [5, 5.41) is 10.8. The highest BCUT2D eigenvalue weighted by molar-refractivity contribution is 6.14. The lowest BCUT2D eigenvalue weighted by atomic mass is 10.1. The standard InChI is InChI=1S/C20H11NO7/c22-19-16-7-6-15(11-17(16)28-18(19)10-14-5-2-8-26-14)27-20(23)12-3-1-4-13(9-12)21(24)25/h1-11H. The Labute approximate surface area is 157 Å². The quantitative estimate of drug-likeness (QED) is 0.222. The second-order valence-corrected chi connectivity index (χ2v) is 5.81. The Kier molecular flexibility index (Phi) is 4.21. The zero-order chi connectivity index (χ0) is 19.7. The molecule has 0 spiro atoms.